The van der Waals surface area contributed by atoms with Crippen LogP contribution in [0.1, 0.15) is 55.5 Å². The number of aryl methyl sites for hydroxylation is 1. The van der Waals surface area contributed by atoms with E-state index in [1.54, 1.807) is 20.8 Å². The summed E-state index contributed by atoms with van der Waals surface area (Å²) in [6, 6.07) is 16.1. The van der Waals surface area contributed by atoms with Crippen LogP contribution in [0.4, 0.5) is 5.13 Å². The highest BCUT2D eigenvalue weighted by Gasteiger charge is 2.21. The first-order chi connectivity index (χ1) is 16.5. The lowest BCUT2D eigenvalue weighted by atomic mass is 9.87. The number of carbonyl (C=O) groups is 2. The Morgan fingerprint density at radius 2 is 1.74 bits per heavy atom. The molecule has 0 fully saturated rings. The normalized spacial score (nSPS) is 11.7. The molecule has 0 radical (unpaired) electrons. The second-order valence-corrected chi connectivity index (χ2v) is 10.8. The zero-order valence-corrected chi connectivity index (χ0v) is 21.7. The van der Waals surface area contributed by atoms with E-state index in [1.165, 1.54) is 5.56 Å². The molecule has 0 bridgehead atoms. The quantitative estimate of drug-likeness (QED) is 0.337. The van der Waals surface area contributed by atoms with E-state index in [0.717, 1.165) is 33.8 Å². The molecule has 0 atom stereocenters. The van der Waals surface area contributed by atoms with Crippen LogP contribution in [0.2, 0.25) is 0 Å². The molecule has 182 valence electrons. The molecule has 2 aromatic heterocycles. The van der Waals surface area contributed by atoms with Crippen LogP contribution in [0, 0.1) is 6.92 Å². The summed E-state index contributed by atoms with van der Waals surface area (Å²) in [5.41, 5.74) is 4.43. The zero-order valence-electron chi connectivity index (χ0n) is 20.9. The summed E-state index contributed by atoms with van der Waals surface area (Å²) >= 11 is 1.12. The first-order valence-corrected chi connectivity index (χ1v) is 12.4. The van der Waals surface area contributed by atoms with Gasteiger partial charge in [-0.3, -0.25) is 4.79 Å². The van der Waals surface area contributed by atoms with E-state index in [4.69, 9.17) is 9.72 Å². The van der Waals surface area contributed by atoms with E-state index in [-0.39, 0.29) is 24.0 Å². The number of thiazole rings is 1. The average Bonchev–Trinajstić information content (AvgIpc) is 3.33. The van der Waals surface area contributed by atoms with Gasteiger partial charge >= 0.3 is 5.97 Å². The molecule has 0 unspecified atom stereocenters. The van der Waals surface area contributed by atoms with Crippen molar-refractivity contribution in [1.29, 1.82) is 0 Å². The van der Waals surface area contributed by atoms with Crippen LogP contribution < -0.4 is 5.32 Å². The first-order valence-electron chi connectivity index (χ1n) is 11.6. The van der Waals surface area contributed by atoms with Crippen molar-refractivity contribution < 1.29 is 14.3 Å². The average molecular weight is 491 g/mol. The van der Waals surface area contributed by atoms with Gasteiger partial charge in [-0.1, -0.05) is 68.5 Å². The van der Waals surface area contributed by atoms with Gasteiger partial charge in [-0.25, -0.2) is 14.8 Å². The van der Waals surface area contributed by atoms with Crippen LogP contribution >= 0.6 is 11.3 Å². The van der Waals surface area contributed by atoms with Crippen molar-refractivity contribution in [2.75, 3.05) is 5.32 Å². The molecule has 0 saturated carbocycles. The fourth-order valence-corrected chi connectivity index (χ4v) is 4.65. The number of hydrogen-bond donors (Lipinski definition) is 1. The van der Waals surface area contributed by atoms with Crippen LogP contribution in [0.5, 0.6) is 0 Å². The van der Waals surface area contributed by atoms with Crippen LogP contribution in [-0.4, -0.2) is 32.5 Å². The number of nitrogens with one attached hydrogen (secondary N) is 1. The molecule has 4 aromatic rings. The van der Waals surface area contributed by atoms with E-state index in [2.05, 4.69) is 43.2 Å². The van der Waals surface area contributed by atoms with Crippen molar-refractivity contribution in [3.05, 3.63) is 64.7 Å². The minimum atomic E-state index is -0.433. The Hall–Kier alpha value is -3.52. The first kappa shape index (κ1) is 24.6. The summed E-state index contributed by atoms with van der Waals surface area (Å²) in [4.78, 5) is 34.9. The fourth-order valence-electron chi connectivity index (χ4n) is 3.78. The topological polar surface area (TPSA) is 86.1 Å². The van der Waals surface area contributed by atoms with Crippen molar-refractivity contribution in [3.63, 3.8) is 0 Å². The standard InChI is InChI=1S/C27H30N4O3S/c1-16(2)34-25(33)23-17(3)28-26(35-23)30-22(32)15-31-21-10-8-7-9-20(21)29-24(31)18-11-13-19(14-12-18)27(4,5)6/h7-14,16H,15H2,1-6H3,(H,28,30,32). The molecule has 0 saturated heterocycles. The van der Waals surface area contributed by atoms with E-state index >= 15 is 0 Å². The maximum atomic E-state index is 13.1. The van der Waals surface area contributed by atoms with E-state index in [0.29, 0.717) is 15.7 Å². The molecule has 1 N–H and O–H groups in total. The molecule has 2 heterocycles. The number of hydrogen-bond acceptors (Lipinski definition) is 6. The molecule has 7 nitrogen and oxygen atoms in total. The third kappa shape index (κ3) is 5.43. The van der Waals surface area contributed by atoms with Gasteiger partial charge in [0, 0.05) is 5.56 Å². The van der Waals surface area contributed by atoms with Gasteiger partial charge < -0.3 is 14.6 Å². The predicted molar refractivity (Wildman–Crippen MR) is 140 cm³/mol. The Morgan fingerprint density at radius 3 is 2.40 bits per heavy atom. The van der Waals surface area contributed by atoms with Crippen molar-refractivity contribution in [1.82, 2.24) is 14.5 Å². The monoisotopic (exact) mass is 490 g/mol. The number of fused-ring (bicyclic) bond motifs is 1. The molecule has 0 aliphatic heterocycles. The van der Waals surface area contributed by atoms with Crippen LogP contribution in [-0.2, 0) is 21.5 Å². The number of amides is 1. The smallest absolute Gasteiger partial charge is 0.350 e. The molecular formula is C27H30N4O3S. The molecule has 4 rings (SSSR count). The maximum Gasteiger partial charge on any atom is 0.350 e. The molecule has 0 aliphatic carbocycles. The minimum absolute atomic E-state index is 0.0465. The van der Waals surface area contributed by atoms with Gasteiger partial charge in [-0.15, -0.1) is 0 Å². The molecule has 8 heteroatoms. The molecule has 2 aromatic carbocycles. The van der Waals surface area contributed by atoms with Crippen molar-refractivity contribution >= 4 is 39.4 Å². The highest BCUT2D eigenvalue weighted by Crippen LogP contribution is 2.29. The summed E-state index contributed by atoms with van der Waals surface area (Å²) in [6.45, 7) is 11.9. The molecule has 0 aliphatic rings. The molecular weight excluding hydrogens is 460 g/mol. The number of ether oxygens (including phenoxy) is 1. The second-order valence-electron chi connectivity index (χ2n) is 9.77. The number of aromatic nitrogens is 3. The number of nitrogens with zero attached hydrogens (tertiary/aromatic N) is 3. The Kier molecular flexibility index (Phi) is 6.76. The third-order valence-corrected chi connectivity index (χ3v) is 6.59. The summed E-state index contributed by atoms with van der Waals surface area (Å²) in [5, 5.41) is 3.20. The number of rotatable bonds is 6. The highest BCUT2D eigenvalue weighted by molar-refractivity contribution is 7.17. The van der Waals surface area contributed by atoms with Gasteiger partial charge in [0.05, 0.1) is 22.8 Å². The fraction of sp³-hybridized carbons (Fsp3) is 0.333. The highest BCUT2D eigenvalue weighted by atomic mass is 32.1. The lowest BCUT2D eigenvalue weighted by Crippen LogP contribution is -2.19. The minimum Gasteiger partial charge on any atom is -0.459 e. The van der Waals surface area contributed by atoms with Crippen LogP contribution in [0.25, 0.3) is 22.4 Å². The second kappa shape index (κ2) is 9.62. The summed E-state index contributed by atoms with van der Waals surface area (Å²) in [7, 11) is 0. The molecule has 0 spiro atoms. The van der Waals surface area contributed by atoms with Gasteiger partial charge in [0.1, 0.15) is 17.2 Å². The Labute approximate surface area is 209 Å². The van der Waals surface area contributed by atoms with Gasteiger partial charge in [0.15, 0.2) is 5.13 Å². The van der Waals surface area contributed by atoms with Gasteiger partial charge in [-0.05, 0) is 43.9 Å². The van der Waals surface area contributed by atoms with E-state index in [9.17, 15) is 9.59 Å². The van der Waals surface area contributed by atoms with Gasteiger partial charge in [-0.2, -0.15) is 0 Å². The molecule has 1 amide bonds. The van der Waals surface area contributed by atoms with Gasteiger partial charge in [0.25, 0.3) is 0 Å². The summed E-state index contributed by atoms with van der Waals surface area (Å²) in [6.07, 6.45) is -0.229. The number of esters is 1. The lowest BCUT2D eigenvalue weighted by Gasteiger charge is -2.19. The number of para-hydroxylation sites is 2. The zero-order chi connectivity index (χ0) is 25.3. The Bertz CT molecular complexity index is 1380. The number of carbonyl (C=O) groups excluding carboxylic acids is 2. The Balaban J connectivity index is 1.61. The predicted octanol–water partition coefficient (Wildman–Crippen LogP) is 5.97. The van der Waals surface area contributed by atoms with Crippen molar-refractivity contribution in [3.8, 4) is 11.4 Å². The SMILES string of the molecule is Cc1nc(NC(=O)Cn2c(-c3ccc(C(C)(C)C)cc3)nc3ccccc32)sc1C(=O)OC(C)C. The van der Waals surface area contributed by atoms with Crippen LogP contribution in [0.3, 0.4) is 0 Å². The number of benzene rings is 2. The van der Waals surface area contributed by atoms with Gasteiger partial charge in [0.2, 0.25) is 5.91 Å². The maximum absolute atomic E-state index is 13.1. The van der Waals surface area contributed by atoms with Crippen LogP contribution in [0.15, 0.2) is 48.5 Å². The number of imidazole rings is 1. The van der Waals surface area contributed by atoms with E-state index in [1.807, 2.05) is 41.0 Å². The largest absolute Gasteiger partial charge is 0.459 e. The summed E-state index contributed by atoms with van der Waals surface area (Å²) in [5.74, 6) is 0.0358. The number of anilines is 1. The van der Waals surface area contributed by atoms with E-state index < -0.39 is 5.97 Å². The third-order valence-electron chi connectivity index (χ3n) is 5.54. The Morgan fingerprint density at radius 1 is 1.06 bits per heavy atom. The summed E-state index contributed by atoms with van der Waals surface area (Å²) < 4.78 is 7.18. The lowest BCUT2D eigenvalue weighted by molar-refractivity contribution is -0.116. The van der Waals surface area contributed by atoms with Crippen molar-refractivity contribution in [2.45, 2.75) is 59.6 Å². The molecule has 35 heavy (non-hydrogen) atoms. The van der Waals surface area contributed by atoms with Crippen molar-refractivity contribution in [2.24, 2.45) is 0 Å².